The largest absolute Gasteiger partial charge is 0.333 e. The van der Waals surface area contributed by atoms with E-state index in [1.807, 2.05) is 92.2 Å². The number of nitrogens with one attached hydrogen (secondary N) is 1. The van der Waals surface area contributed by atoms with Crippen molar-refractivity contribution in [2.75, 3.05) is 18.4 Å². The Morgan fingerprint density at radius 1 is 1.03 bits per heavy atom. The molecule has 0 radical (unpaired) electrons. The van der Waals surface area contributed by atoms with Crippen LogP contribution >= 0.6 is 0 Å². The number of benzene rings is 2. The highest BCUT2D eigenvalue weighted by molar-refractivity contribution is 5.93. The molecule has 0 saturated carbocycles. The van der Waals surface area contributed by atoms with Crippen LogP contribution in [-0.4, -0.2) is 39.4 Å². The Morgan fingerprint density at radius 2 is 1.67 bits per heavy atom. The molecule has 0 spiro atoms. The fourth-order valence-corrected chi connectivity index (χ4v) is 3.26. The van der Waals surface area contributed by atoms with Crippen molar-refractivity contribution in [3.63, 3.8) is 0 Å². The van der Waals surface area contributed by atoms with Crippen molar-refractivity contribution < 1.29 is 9.59 Å². The highest BCUT2D eigenvalue weighted by Gasteiger charge is 2.19. The van der Waals surface area contributed by atoms with Crippen LogP contribution in [-0.2, 0) is 9.59 Å². The topological polar surface area (TPSA) is 67.2 Å². The van der Waals surface area contributed by atoms with E-state index in [1.165, 1.54) is 0 Å². The van der Waals surface area contributed by atoms with Gasteiger partial charge in [-0.25, -0.2) is 4.98 Å². The van der Waals surface area contributed by atoms with E-state index in [9.17, 15) is 9.59 Å². The maximum atomic E-state index is 12.8. The minimum atomic E-state index is -0.264. The fourth-order valence-electron chi connectivity index (χ4n) is 3.26. The van der Waals surface area contributed by atoms with Gasteiger partial charge < -0.3 is 4.90 Å². The average Bonchev–Trinajstić information content (AvgIpc) is 3.17. The molecule has 30 heavy (non-hydrogen) atoms. The number of nitrogens with zero attached hydrogens (tertiary/aromatic N) is 3. The van der Waals surface area contributed by atoms with E-state index >= 15 is 0 Å². The third-order valence-corrected chi connectivity index (χ3v) is 4.64. The van der Waals surface area contributed by atoms with Crippen molar-refractivity contribution in [2.24, 2.45) is 5.92 Å². The number of rotatable bonds is 8. The van der Waals surface area contributed by atoms with Crippen LogP contribution in [0.2, 0.25) is 0 Å². The summed E-state index contributed by atoms with van der Waals surface area (Å²) in [6.45, 7) is 6.42. The summed E-state index contributed by atoms with van der Waals surface area (Å²) in [5.41, 5.74) is 2.62. The van der Waals surface area contributed by atoms with Crippen LogP contribution in [0.4, 0.5) is 5.95 Å². The lowest BCUT2D eigenvalue weighted by Crippen LogP contribution is -2.40. The summed E-state index contributed by atoms with van der Waals surface area (Å²) in [6.07, 6.45) is 2.28. The number of hydrogen-bond acceptors (Lipinski definition) is 3. The van der Waals surface area contributed by atoms with Crippen molar-refractivity contribution in [1.29, 1.82) is 0 Å². The normalized spacial score (nSPS) is 10.8. The Bertz CT molecular complexity index is 981. The maximum Gasteiger partial charge on any atom is 0.246 e. The number of imidazole rings is 1. The van der Waals surface area contributed by atoms with E-state index < -0.39 is 0 Å². The number of carbonyl (C=O) groups excluding carboxylic acids is 2. The van der Waals surface area contributed by atoms with Gasteiger partial charge in [-0.3, -0.25) is 19.5 Å². The summed E-state index contributed by atoms with van der Waals surface area (Å²) in [6, 6.07) is 19.5. The van der Waals surface area contributed by atoms with E-state index in [-0.39, 0.29) is 24.3 Å². The van der Waals surface area contributed by atoms with Gasteiger partial charge in [0.1, 0.15) is 0 Å². The molecule has 1 aromatic heterocycles. The zero-order valence-electron chi connectivity index (χ0n) is 17.7. The molecule has 0 saturated heterocycles. The number of carbonyl (C=O) groups is 2. The van der Waals surface area contributed by atoms with E-state index in [0.717, 1.165) is 16.9 Å². The summed E-state index contributed by atoms with van der Waals surface area (Å²) < 4.78 is 1.86. The summed E-state index contributed by atoms with van der Waals surface area (Å²) in [4.78, 5) is 31.3. The zero-order chi connectivity index (χ0) is 21.5. The van der Waals surface area contributed by atoms with Gasteiger partial charge in [-0.15, -0.1) is 0 Å². The molecule has 6 heteroatoms. The van der Waals surface area contributed by atoms with Crippen molar-refractivity contribution in [3.05, 3.63) is 66.9 Å². The van der Waals surface area contributed by atoms with Gasteiger partial charge in [0.25, 0.3) is 0 Å². The lowest BCUT2D eigenvalue weighted by molar-refractivity contribution is -0.134. The summed E-state index contributed by atoms with van der Waals surface area (Å²) in [5, 5.41) is 2.90. The Labute approximate surface area is 177 Å². The molecular weight excluding hydrogens is 376 g/mol. The van der Waals surface area contributed by atoms with Gasteiger partial charge >= 0.3 is 0 Å². The molecule has 0 aliphatic heterocycles. The lowest BCUT2D eigenvalue weighted by atomic mass is 10.2. The molecule has 0 fully saturated rings. The number of hydrogen-bond donors (Lipinski definition) is 1. The first-order valence-corrected chi connectivity index (χ1v) is 10.3. The maximum absolute atomic E-state index is 12.8. The first kappa shape index (κ1) is 21.3. The monoisotopic (exact) mass is 404 g/mol. The number of aromatic nitrogens is 2. The predicted octanol–water partition coefficient (Wildman–Crippen LogP) is 4.37. The highest BCUT2D eigenvalue weighted by Crippen LogP contribution is 2.24. The molecule has 0 atom stereocenters. The van der Waals surface area contributed by atoms with Gasteiger partial charge in [-0.2, -0.15) is 0 Å². The summed E-state index contributed by atoms with van der Waals surface area (Å²) in [7, 11) is 0. The molecule has 3 rings (SSSR count). The quantitative estimate of drug-likeness (QED) is 0.606. The first-order chi connectivity index (χ1) is 14.5. The molecule has 0 aliphatic rings. The van der Waals surface area contributed by atoms with Gasteiger partial charge in [0.05, 0.1) is 12.2 Å². The molecule has 1 heterocycles. The van der Waals surface area contributed by atoms with Crippen LogP contribution in [0.1, 0.15) is 27.2 Å². The molecule has 6 nitrogen and oxygen atoms in total. The second-order valence-corrected chi connectivity index (χ2v) is 7.59. The van der Waals surface area contributed by atoms with Gasteiger partial charge in [0.2, 0.25) is 17.8 Å². The molecule has 0 aliphatic carbocycles. The Balaban J connectivity index is 1.87. The van der Waals surface area contributed by atoms with Gasteiger partial charge in [0, 0.05) is 30.4 Å². The van der Waals surface area contributed by atoms with E-state index in [0.29, 0.717) is 18.9 Å². The van der Waals surface area contributed by atoms with Gasteiger partial charge in [-0.05, 0) is 18.1 Å². The lowest BCUT2D eigenvalue weighted by Gasteiger charge is -2.23. The Kier molecular flexibility index (Phi) is 7.01. The number of anilines is 1. The smallest absolute Gasteiger partial charge is 0.246 e. The van der Waals surface area contributed by atoms with Crippen molar-refractivity contribution in [3.8, 4) is 16.9 Å². The second-order valence-electron chi connectivity index (χ2n) is 7.59. The fraction of sp³-hybridized carbons (Fsp3) is 0.292. The van der Waals surface area contributed by atoms with E-state index in [2.05, 4.69) is 10.3 Å². The SMILES string of the molecule is CCC(=O)N(CC(=O)Nc1nc(-c2ccccc2)cn1-c1ccccc1)CC(C)C. The zero-order valence-corrected chi connectivity index (χ0v) is 17.7. The molecule has 2 aromatic carbocycles. The van der Waals surface area contributed by atoms with Crippen LogP contribution in [0.15, 0.2) is 66.9 Å². The van der Waals surface area contributed by atoms with Crippen LogP contribution in [0, 0.1) is 5.92 Å². The van der Waals surface area contributed by atoms with Gasteiger partial charge in [-0.1, -0.05) is 69.3 Å². The summed E-state index contributed by atoms with van der Waals surface area (Å²) >= 11 is 0. The molecule has 0 bridgehead atoms. The average molecular weight is 405 g/mol. The molecule has 0 unspecified atom stereocenters. The number of para-hydroxylation sites is 1. The standard InChI is InChI=1S/C24H28N4O2/c1-4-23(30)27(15-18(2)3)17-22(29)26-24-25-21(19-11-7-5-8-12-19)16-28(24)20-13-9-6-10-14-20/h5-14,16,18H,4,15,17H2,1-3H3,(H,25,26,29). The van der Waals surface area contributed by atoms with Crippen LogP contribution < -0.4 is 5.32 Å². The van der Waals surface area contributed by atoms with Crippen LogP contribution in [0.3, 0.4) is 0 Å². The van der Waals surface area contributed by atoms with Crippen LogP contribution in [0.5, 0.6) is 0 Å². The van der Waals surface area contributed by atoms with Gasteiger partial charge in [0.15, 0.2) is 0 Å². The molecular formula is C24H28N4O2. The van der Waals surface area contributed by atoms with E-state index in [4.69, 9.17) is 0 Å². The number of amides is 2. The minimum Gasteiger partial charge on any atom is -0.333 e. The third-order valence-electron chi connectivity index (χ3n) is 4.64. The van der Waals surface area contributed by atoms with Crippen molar-refractivity contribution in [2.45, 2.75) is 27.2 Å². The first-order valence-electron chi connectivity index (χ1n) is 10.3. The molecule has 2 amide bonds. The highest BCUT2D eigenvalue weighted by atomic mass is 16.2. The van der Waals surface area contributed by atoms with Crippen LogP contribution in [0.25, 0.3) is 16.9 Å². The van der Waals surface area contributed by atoms with Crippen molar-refractivity contribution in [1.82, 2.24) is 14.5 Å². The third kappa shape index (κ3) is 5.35. The summed E-state index contributed by atoms with van der Waals surface area (Å²) in [5.74, 6) is 0.415. The molecule has 3 aromatic rings. The second kappa shape index (κ2) is 9.87. The molecule has 1 N–H and O–H groups in total. The molecule has 156 valence electrons. The van der Waals surface area contributed by atoms with Crippen molar-refractivity contribution >= 4 is 17.8 Å². The Hall–Kier alpha value is -3.41. The minimum absolute atomic E-state index is 0.00712. The Morgan fingerprint density at radius 3 is 2.27 bits per heavy atom. The van der Waals surface area contributed by atoms with E-state index in [1.54, 1.807) is 4.90 Å². The predicted molar refractivity (Wildman–Crippen MR) is 119 cm³/mol.